The van der Waals surface area contributed by atoms with Crippen LogP contribution in [0.1, 0.15) is 0 Å². The molecule has 1 fully saturated rings. The highest BCUT2D eigenvalue weighted by Gasteiger charge is 2.23. The molecule has 0 saturated carbocycles. The molecule has 2 rings (SSSR count). The number of hydrogen-bond acceptors (Lipinski definition) is 5. The van der Waals surface area contributed by atoms with Crippen molar-refractivity contribution in [3.63, 3.8) is 0 Å². The summed E-state index contributed by atoms with van der Waals surface area (Å²) >= 11 is 1.23. The fourth-order valence-electron chi connectivity index (χ4n) is 1.73. The Balaban J connectivity index is 1.77. The summed E-state index contributed by atoms with van der Waals surface area (Å²) in [7, 11) is 0. The Hall–Kier alpha value is -1.35. The lowest BCUT2D eigenvalue weighted by Crippen LogP contribution is -2.50. The summed E-state index contributed by atoms with van der Waals surface area (Å²) in [5.74, 6) is 0. The first kappa shape index (κ1) is 13.1. The van der Waals surface area contributed by atoms with Crippen LogP contribution >= 0.6 is 11.3 Å². The van der Waals surface area contributed by atoms with Crippen molar-refractivity contribution in [3.8, 4) is 0 Å². The Kier molecular flexibility index (Phi) is 4.37. The third-order valence-corrected chi connectivity index (χ3v) is 3.24. The number of anilines is 1. The molecule has 0 radical (unpaired) electrons. The molecule has 0 aliphatic carbocycles. The zero-order valence-corrected chi connectivity index (χ0v) is 10.4. The van der Waals surface area contributed by atoms with Gasteiger partial charge in [-0.25, -0.2) is 13.6 Å². The summed E-state index contributed by atoms with van der Waals surface area (Å²) < 4.78 is 24.4. The number of piperazine rings is 1. The summed E-state index contributed by atoms with van der Waals surface area (Å²) in [4.78, 5) is 15.0. The number of halogens is 2. The summed E-state index contributed by atoms with van der Waals surface area (Å²) in [6.07, 6.45) is -2.33. The van der Waals surface area contributed by atoms with E-state index in [-0.39, 0.29) is 12.6 Å². The fraction of sp³-hybridized carbons (Fsp3) is 0.667. The molecule has 100 valence electrons. The predicted octanol–water partition coefficient (Wildman–Crippen LogP) is 0.953. The highest BCUT2D eigenvalue weighted by atomic mass is 32.1. The number of hydrogen-bond donors (Lipinski definition) is 1. The summed E-state index contributed by atoms with van der Waals surface area (Å²) in [5.41, 5.74) is 1.52. The Bertz CT molecular complexity index is 380. The topological polar surface area (TPSA) is 61.4 Å². The van der Waals surface area contributed by atoms with E-state index in [1.54, 1.807) is 9.80 Å². The SMILES string of the molecule is O=C(Nc1nncs1)N1CCN(CC(F)F)CC1. The van der Waals surface area contributed by atoms with Gasteiger partial charge in [-0.15, -0.1) is 10.2 Å². The first-order valence-electron chi connectivity index (χ1n) is 5.48. The van der Waals surface area contributed by atoms with Gasteiger partial charge in [0.1, 0.15) is 5.51 Å². The molecule has 0 spiro atoms. The number of nitrogens with zero attached hydrogens (tertiary/aromatic N) is 4. The minimum atomic E-state index is -2.33. The van der Waals surface area contributed by atoms with Crippen molar-refractivity contribution in [1.82, 2.24) is 20.0 Å². The second kappa shape index (κ2) is 6.01. The smallest absolute Gasteiger partial charge is 0.322 e. The van der Waals surface area contributed by atoms with Crippen LogP contribution in [-0.2, 0) is 0 Å². The Morgan fingerprint density at radius 3 is 2.72 bits per heavy atom. The number of nitrogens with one attached hydrogen (secondary N) is 1. The average Bonchev–Trinajstić information content (AvgIpc) is 2.82. The standard InChI is InChI=1S/C9H13F2N5OS/c10-7(11)5-15-1-3-16(4-2-15)9(17)13-8-14-12-6-18-8/h6-7H,1-5H2,(H,13,14,17). The first-order valence-corrected chi connectivity index (χ1v) is 6.35. The number of carbonyl (C=O) groups excluding carboxylic acids is 1. The Morgan fingerprint density at radius 2 is 2.17 bits per heavy atom. The molecular weight excluding hydrogens is 264 g/mol. The molecule has 1 aromatic heterocycles. The highest BCUT2D eigenvalue weighted by molar-refractivity contribution is 7.13. The van der Waals surface area contributed by atoms with Crippen LogP contribution in [0.4, 0.5) is 18.7 Å². The summed E-state index contributed by atoms with van der Waals surface area (Å²) in [6, 6.07) is -0.261. The van der Waals surface area contributed by atoms with Crippen LogP contribution in [0.15, 0.2) is 5.51 Å². The van der Waals surface area contributed by atoms with E-state index in [2.05, 4.69) is 15.5 Å². The van der Waals surface area contributed by atoms with Gasteiger partial charge in [0.2, 0.25) is 5.13 Å². The van der Waals surface area contributed by atoms with Gasteiger partial charge in [-0.3, -0.25) is 10.2 Å². The number of alkyl halides is 2. The summed E-state index contributed by atoms with van der Waals surface area (Å²) in [5, 5.41) is 10.4. The van der Waals surface area contributed by atoms with Crippen LogP contribution in [0.2, 0.25) is 0 Å². The van der Waals surface area contributed by atoms with Gasteiger partial charge in [0.05, 0.1) is 6.54 Å². The molecule has 1 N–H and O–H groups in total. The van der Waals surface area contributed by atoms with E-state index in [1.165, 1.54) is 16.8 Å². The molecule has 2 amide bonds. The van der Waals surface area contributed by atoms with Crippen molar-refractivity contribution in [2.45, 2.75) is 6.43 Å². The molecule has 0 atom stereocenters. The fourth-order valence-corrected chi connectivity index (χ4v) is 2.16. The number of rotatable bonds is 3. The molecule has 0 bridgehead atoms. The van der Waals surface area contributed by atoms with Crippen molar-refractivity contribution in [3.05, 3.63) is 5.51 Å². The van der Waals surface area contributed by atoms with Crippen molar-refractivity contribution < 1.29 is 13.6 Å². The number of urea groups is 1. The highest BCUT2D eigenvalue weighted by Crippen LogP contribution is 2.11. The maximum absolute atomic E-state index is 12.2. The average molecular weight is 277 g/mol. The van der Waals surface area contributed by atoms with Gasteiger partial charge in [-0.2, -0.15) is 0 Å². The quantitative estimate of drug-likeness (QED) is 0.893. The van der Waals surface area contributed by atoms with Crippen molar-refractivity contribution in [2.75, 3.05) is 38.0 Å². The van der Waals surface area contributed by atoms with Gasteiger partial charge in [0, 0.05) is 26.2 Å². The largest absolute Gasteiger partial charge is 0.323 e. The maximum Gasteiger partial charge on any atom is 0.323 e. The number of carbonyl (C=O) groups is 1. The lowest BCUT2D eigenvalue weighted by atomic mass is 10.3. The van der Waals surface area contributed by atoms with Crippen LogP contribution < -0.4 is 5.32 Å². The lowest BCUT2D eigenvalue weighted by Gasteiger charge is -2.34. The van der Waals surface area contributed by atoms with E-state index < -0.39 is 6.43 Å². The predicted molar refractivity (Wildman–Crippen MR) is 62.9 cm³/mol. The van der Waals surface area contributed by atoms with Gasteiger partial charge in [-0.1, -0.05) is 11.3 Å². The molecule has 1 aromatic rings. The van der Waals surface area contributed by atoms with Gasteiger partial charge in [0.15, 0.2) is 0 Å². The molecule has 0 unspecified atom stereocenters. The first-order chi connectivity index (χ1) is 8.65. The molecule has 1 aliphatic heterocycles. The summed E-state index contributed by atoms with van der Waals surface area (Å²) in [6.45, 7) is 1.59. The zero-order chi connectivity index (χ0) is 13.0. The maximum atomic E-state index is 12.2. The van der Waals surface area contributed by atoms with E-state index in [1.807, 2.05) is 0 Å². The normalized spacial score (nSPS) is 17.2. The van der Waals surface area contributed by atoms with E-state index in [0.29, 0.717) is 31.3 Å². The van der Waals surface area contributed by atoms with Gasteiger partial charge in [-0.05, 0) is 0 Å². The van der Waals surface area contributed by atoms with Crippen LogP contribution in [0.5, 0.6) is 0 Å². The van der Waals surface area contributed by atoms with E-state index in [9.17, 15) is 13.6 Å². The third-order valence-electron chi connectivity index (χ3n) is 2.63. The van der Waals surface area contributed by atoms with Crippen LogP contribution in [0.25, 0.3) is 0 Å². The van der Waals surface area contributed by atoms with E-state index in [4.69, 9.17) is 0 Å². The molecule has 1 aliphatic rings. The van der Waals surface area contributed by atoms with Gasteiger partial charge in [0.25, 0.3) is 6.43 Å². The number of amides is 2. The zero-order valence-electron chi connectivity index (χ0n) is 9.55. The van der Waals surface area contributed by atoms with Crippen molar-refractivity contribution in [2.24, 2.45) is 0 Å². The van der Waals surface area contributed by atoms with Crippen molar-refractivity contribution >= 4 is 22.5 Å². The molecule has 0 aromatic carbocycles. The van der Waals surface area contributed by atoms with Crippen molar-refractivity contribution in [1.29, 1.82) is 0 Å². The van der Waals surface area contributed by atoms with Crippen LogP contribution in [0.3, 0.4) is 0 Å². The second-order valence-electron chi connectivity index (χ2n) is 3.85. The van der Waals surface area contributed by atoms with Gasteiger partial charge >= 0.3 is 6.03 Å². The van der Waals surface area contributed by atoms with Crippen LogP contribution in [-0.4, -0.2) is 65.2 Å². The second-order valence-corrected chi connectivity index (χ2v) is 4.69. The minimum Gasteiger partial charge on any atom is -0.322 e. The molecule has 18 heavy (non-hydrogen) atoms. The molecule has 1 saturated heterocycles. The molecule has 2 heterocycles. The molecular formula is C9H13F2N5OS. The minimum absolute atomic E-state index is 0.230. The Morgan fingerprint density at radius 1 is 1.44 bits per heavy atom. The van der Waals surface area contributed by atoms with Gasteiger partial charge < -0.3 is 4.90 Å². The molecule has 6 nitrogen and oxygen atoms in total. The monoisotopic (exact) mass is 277 g/mol. The number of aromatic nitrogens is 2. The lowest BCUT2D eigenvalue weighted by molar-refractivity contribution is 0.0651. The van der Waals surface area contributed by atoms with E-state index in [0.717, 1.165) is 0 Å². The molecule has 9 heteroatoms. The van der Waals surface area contributed by atoms with E-state index >= 15 is 0 Å². The Labute approximate surface area is 107 Å². The third kappa shape index (κ3) is 3.57. The van der Waals surface area contributed by atoms with Crippen LogP contribution in [0, 0.1) is 0 Å².